The summed E-state index contributed by atoms with van der Waals surface area (Å²) in [5.41, 5.74) is 2.94. The summed E-state index contributed by atoms with van der Waals surface area (Å²) in [6.07, 6.45) is 0.934. The lowest BCUT2D eigenvalue weighted by molar-refractivity contribution is 0.137. The number of rotatable bonds is 4. The molecule has 2 aromatic carbocycles. The minimum Gasteiger partial charge on any atom is -0.487 e. The van der Waals surface area contributed by atoms with Gasteiger partial charge in [-0.25, -0.2) is 4.39 Å². The van der Waals surface area contributed by atoms with Crippen LogP contribution in [0, 0.1) is 5.82 Å². The third kappa shape index (κ3) is 3.08. The van der Waals surface area contributed by atoms with E-state index >= 15 is 0 Å². The number of hydrogen-bond donors (Lipinski definition) is 1. The summed E-state index contributed by atoms with van der Waals surface area (Å²) >= 11 is 0. The molecule has 0 unspecified atom stereocenters. The Morgan fingerprint density at radius 3 is 2.57 bits per heavy atom. The lowest BCUT2D eigenvalue weighted by Gasteiger charge is -2.18. The molecule has 0 fully saturated rings. The molecule has 1 aliphatic heterocycles. The Labute approximate surface area is 125 Å². The predicted octanol–water partition coefficient (Wildman–Crippen LogP) is 3.83. The fourth-order valence-corrected chi connectivity index (χ4v) is 2.79. The standard InChI is InChI=1S/C18H20FNO/c1-18(2)10-13-7-5-8-15(17(13)21-18)12-20-11-14-6-3-4-9-16(14)19/h3-9,20H,10-12H2,1-2H3. The van der Waals surface area contributed by atoms with Crippen molar-refractivity contribution in [3.05, 3.63) is 65.0 Å². The molecule has 110 valence electrons. The average molecular weight is 285 g/mol. The average Bonchev–Trinajstić information content (AvgIpc) is 2.76. The van der Waals surface area contributed by atoms with Gasteiger partial charge in [0.05, 0.1) is 0 Å². The van der Waals surface area contributed by atoms with Crippen molar-refractivity contribution >= 4 is 0 Å². The zero-order chi connectivity index (χ0) is 14.9. The summed E-state index contributed by atoms with van der Waals surface area (Å²) < 4.78 is 19.6. The van der Waals surface area contributed by atoms with E-state index in [0.29, 0.717) is 18.7 Å². The Morgan fingerprint density at radius 1 is 1.05 bits per heavy atom. The molecule has 3 heteroatoms. The summed E-state index contributed by atoms with van der Waals surface area (Å²) in [5.74, 6) is 0.823. The number of benzene rings is 2. The molecule has 0 radical (unpaired) electrons. The molecule has 0 amide bonds. The largest absolute Gasteiger partial charge is 0.487 e. The Balaban J connectivity index is 1.68. The summed E-state index contributed by atoms with van der Waals surface area (Å²) in [7, 11) is 0. The van der Waals surface area contributed by atoms with Gasteiger partial charge in [0.2, 0.25) is 0 Å². The quantitative estimate of drug-likeness (QED) is 0.922. The maximum atomic E-state index is 13.6. The van der Waals surface area contributed by atoms with E-state index in [4.69, 9.17) is 4.74 Å². The van der Waals surface area contributed by atoms with Crippen LogP contribution < -0.4 is 10.1 Å². The molecule has 0 spiro atoms. The van der Waals surface area contributed by atoms with Gasteiger partial charge >= 0.3 is 0 Å². The highest BCUT2D eigenvalue weighted by molar-refractivity contribution is 5.45. The fraction of sp³-hybridized carbons (Fsp3) is 0.333. The van der Waals surface area contributed by atoms with Crippen molar-refractivity contribution in [2.45, 2.75) is 39.0 Å². The summed E-state index contributed by atoms with van der Waals surface area (Å²) in [6, 6.07) is 13.1. The lowest BCUT2D eigenvalue weighted by Crippen LogP contribution is -2.25. The van der Waals surface area contributed by atoms with Crippen LogP contribution in [0.4, 0.5) is 4.39 Å². The van der Waals surface area contributed by atoms with Gasteiger partial charge in [-0.1, -0.05) is 36.4 Å². The van der Waals surface area contributed by atoms with E-state index in [1.54, 1.807) is 12.1 Å². The molecule has 21 heavy (non-hydrogen) atoms. The van der Waals surface area contributed by atoms with Crippen molar-refractivity contribution in [3.63, 3.8) is 0 Å². The number of halogens is 1. The van der Waals surface area contributed by atoms with Crippen LogP contribution >= 0.6 is 0 Å². The minimum absolute atomic E-state index is 0.135. The van der Waals surface area contributed by atoms with E-state index in [9.17, 15) is 4.39 Å². The molecule has 2 aromatic rings. The maximum absolute atomic E-state index is 13.6. The van der Waals surface area contributed by atoms with Crippen LogP contribution in [0.2, 0.25) is 0 Å². The molecule has 0 aliphatic carbocycles. The van der Waals surface area contributed by atoms with Crippen molar-refractivity contribution in [2.75, 3.05) is 0 Å². The molecule has 0 atom stereocenters. The van der Waals surface area contributed by atoms with Crippen LogP contribution in [0.25, 0.3) is 0 Å². The molecule has 1 heterocycles. The SMILES string of the molecule is CC1(C)Cc2cccc(CNCc3ccccc3F)c2O1. The highest BCUT2D eigenvalue weighted by Gasteiger charge is 2.31. The van der Waals surface area contributed by atoms with Gasteiger partial charge in [0.1, 0.15) is 17.2 Å². The van der Waals surface area contributed by atoms with Gasteiger partial charge < -0.3 is 10.1 Å². The fourth-order valence-electron chi connectivity index (χ4n) is 2.79. The van der Waals surface area contributed by atoms with Crippen LogP contribution in [0.1, 0.15) is 30.5 Å². The number of para-hydroxylation sites is 1. The molecular weight excluding hydrogens is 265 g/mol. The van der Waals surface area contributed by atoms with Crippen molar-refractivity contribution in [1.82, 2.24) is 5.32 Å². The van der Waals surface area contributed by atoms with Crippen LogP contribution in [-0.4, -0.2) is 5.60 Å². The number of fused-ring (bicyclic) bond motifs is 1. The second kappa shape index (κ2) is 5.49. The van der Waals surface area contributed by atoms with Gasteiger partial charge in [0.15, 0.2) is 0 Å². The number of hydrogen-bond acceptors (Lipinski definition) is 2. The normalized spacial score (nSPS) is 15.6. The second-order valence-electron chi connectivity index (χ2n) is 6.14. The first-order chi connectivity index (χ1) is 10.1. The summed E-state index contributed by atoms with van der Waals surface area (Å²) in [4.78, 5) is 0. The minimum atomic E-state index is -0.166. The molecule has 1 aliphatic rings. The van der Waals surface area contributed by atoms with Gasteiger partial charge in [-0.05, 0) is 25.5 Å². The molecule has 0 aromatic heterocycles. The third-order valence-electron chi connectivity index (χ3n) is 3.76. The van der Waals surface area contributed by atoms with E-state index < -0.39 is 0 Å². The smallest absolute Gasteiger partial charge is 0.127 e. The first kappa shape index (κ1) is 14.1. The molecular formula is C18H20FNO. The van der Waals surface area contributed by atoms with Gasteiger partial charge in [-0.15, -0.1) is 0 Å². The molecule has 0 saturated carbocycles. The Bertz CT molecular complexity index is 651. The van der Waals surface area contributed by atoms with E-state index in [-0.39, 0.29) is 11.4 Å². The second-order valence-corrected chi connectivity index (χ2v) is 6.14. The Hall–Kier alpha value is -1.87. The molecule has 1 N–H and O–H groups in total. The van der Waals surface area contributed by atoms with Gasteiger partial charge in [0.25, 0.3) is 0 Å². The van der Waals surface area contributed by atoms with E-state index in [2.05, 4.69) is 37.4 Å². The lowest BCUT2D eigenvalue weighted by atomic mass is 10.0. The van der Waals surface area contributed by atoms with Crippen LogP contribution in [0.5, 0.6) is 5.75 Å². The van der Waals surface area contributed by atoms with Crippen LogP contribution in [0.3, 0.4) is 0 Å². The monoisotopic (exact) mass is 285 g/mol. The zero-order valence-corrected chi connectivity index (χ0v) is 12.4. The molecule has 3 rings (SSSR count). The first-order valence-corrected chi connectivity index (χ1v) is 7.29. The first-order valence-electron chi connectivity index (χ1n) is 7.29. The van der Waals surface area contributed by atoms with Crippen LogP contribution in [0.15, 0.2) is 42.5 Å². The van der Waals surface area contributed by atoms with E-state index in [0.717, 1.165) is 17.7 Å². The van der Waals surface area contributed by atoms with Crippen molar-refractivity contribution in [1.29, 1.82) is 0 Å². The topological polar surface area (TPSA) is 21.3 Å². The van der Waals surface area contributed by atoms with Crippen LogP contribution in [-0.2, 0) is 19.5 Å². The van der Waals surface area contributed by atoms with E-state index in [1.807, 2.05) is 6.07 Å². The van der Waals surface area contributed by atoms with Crippen molar-refractivity contribution < 1.29 is 9.13 Å². The highest BCUT2D eigenvalue weighted by Crippen LogP contribution is 2.37. The zero-order valence-electron chi connectivity index (χ0n) is 12.4. The summed E-state index contributed by atoms with van der Waals surface area (Å²) in [5, 5.41) is 3.30. The van der Waals surface area contributed by atoms with Gasteiger partial charge in [0, 0.05) is 30.6 Å². The van der Waals surface area contributed by atoms with Crippen molar-refractivity contribution in [2.24, 2.45) is 0 Å². The molecule has 0 saturated heterocycles. The summed E-state index contributed by atoms with van der Waals surface area (Å²) in [6.45, 7) is 5.39. The van der Waals surface area contributed by atoms with Crippen molar-refractivity contribution in [3.8, 4) is 5.75 Å². The predicted molar refractivity (Wildman–Crippen MR) is 81.8 cm³/mol. The highest BCUT2D eigenvalue weighted by atomic mass is 19.1. The van der Waals surface area contributed by atoms with Gasteiger partial charge in [-0.2, -0.15) is 0 Å². The maximum Gasteiger partial charge on any atom is 0.127 e. The Kier molecular flexibility index (Phi) is 3.68. The third-order valence-corrected chi connectivity index (χ3v) is 3.76. The van der Waals surface area contributed by atoms with E-state index in [1.165, 1.54) is 11.6 Å². The Morgan fingerprint density at radius 2 is 1.76 bits per heavy atom. The number of ether oxygens (including phenoxy) is 1. The molecule has 0 bridgehead atoms. The molecule has 2 nitrogen and oxygen atoms in total. The number of nitrogens with one attached hydrogen (secondary N) is 1. The van der Waals surface area contributed by atoms with Gasteiger partial charge in [-0.3, -0.25) is 0 Å².